The SMILES string of the molecule is O=C1C=C(c2cccc(Cl)c2)CC1. The summed E-state index contributed by atoms with van der Waals surface area (Å²) in [6.45, 7) is 0. The number of hydrogen-bond donors (Lipinski definition) is 0. The van der Waals surface area contributed by atoms with Crippen molar-refractivity contribution < 1.29 is 4.79 Å². The third-order valence-corrected chi connectivity index (χ3v) is 2.41. The highest BCUT2D eigenvalue weighted by Crippen LogP contribution is 2.27. The molecule has 1 aliphatic carbocycles. The first kappa shape index (κ1) is 8.52. The van der Waals surface area contributed by atoms with Gasteiger partial charge in [-0.2, -0.15) is 0 Å². The van der Waals surface area contributed by atoms with E-state index in [-0.39, 0.29) is 5.78 Å². The van der Waals surface area contributed by atoms with E-state index in [1.807, 2.05) is 24.3 Å². The van der Waals surface area contributed by atoms with Crippen molar-refractivity contribution in [1.82, 2.24) is 0 Å². The Hall–Kier alpha value is -1.08. The van der Waals surface area contributed by atoms with Gasteiger partial charge in [0, 0.05) is 11.4 Å². The van der Waals surface area contributed by atoms with Gasteiger partial charge in [0.25, 0.3) is 0 Å². The highest BCUT2D eigenvalue weighted by atomic mass is 35.5. The van der Waals surface area contributed by atoms with Crippen molar-refractivity contribution in [3.05, 3.63) is 40.9 Å². The van der Waals surface area contributed by atoms with Gasteiger partial charge in [0.05, 0.1) is 0 Å². The Kier molecular flexibility index (Phi) is 2.19. The van der Waals surface area contributed by atoms with Gasteiger partial charge in [0.2, 0.25) is 0 Å². The normalized spacial score (nSPS) is 16.1. The summed E-state index contributed by atoms with van der Waals surface area (Å²) in [5.41, 5.74) is 2.17. The molecular formula is C11H9ClO. The second-order valence-electron chi connectivity index (χ2n) is 3.15. The van der Waals surface area contributed by atoms with E-state index in [0.717, 1.165) is 22.6 Å². The van der Waals surface area contributed by atoms with Gasteiger partial charge in [-0.05, 0) is 35.8 Å². The summed E-state index contributed by atoms with van der Waals surface area (Å²) in [7, 11) is 0. The van der Waals surface area contributed by atoms with Crippen LogP contribution >= 0.6 is 11.6 Å². The quantitative estimate of drug-likeness (QED) is 0.669. The molecule has 0 radical (unpaired) electrons. The van der Waals surface area contributed by atoms with E-state index in [0.29, 0.717) is 6.42 Å². The van der Waals surface area contributed by atoms with Crippen LogP contribution in [0.1, 0.15) is 18.4 Å². The molecule has 0 N–H and O–H groups in total. The fourth-order valence-corrected chi connectivity index (χ4v) is 1.70. The van der Waals surface area contributed by atoms with Gasteiger partial charge in [-0.1, -0.05) is 23.7 Å². The highest BCUT2D eigenvalue weighted by molar-refractivity contribution is 6.30. The zero-order valence-electron chi connectivity index (χ0n) is 7.09. The van der Waals surface area contributed by atoms with Crippen molar-refractivity contribution in [1.29, 1.82) is 0 Å². The lowest BCUT2D eigenvalue weighted by atomic mass is 10.1. The minimum absolute atomic E-state index is 0.218. The van der Waals surface area contributed by atoms with Crippen molar-refractivity contribution in [2.75, 3.05) is 0 Å². The van der Waals surface area contributed by atoms with Gasteiger partial charge in [0.1, 0.15) is 0 Å². The van der Waals surface area contributed by atoms with Crippen molar-refractivity contribution in [2.24, 2.45) is 0 Å². The Morgan fingerprint density at radius 3 is 2.69 bits per heavy atom. The van der Waals surface area contributed by atoms with Crippen LogP contribution in [0.3, 0.4) is 0 Å². The van der Waals surface area contributed by atoms with Crippen LogP contribution in [0.15, 0.2) is 30.3 Å². The summed E-state index contributed by atoms with van der Waals surface area (Å²) in [5.74, 6) is 0.218. The minimum Gasteiger partial charge on any atom is -0.295 e. The van der Waals surface area contributed by atoms with Gasteiger partial charge >= 0.3 is 0 Å². The molecule has 66 valence electrons. The molecule has 0 bridgehead atoms. The Morgan fingerprint density at radius 1 is 1.23 bits per heavy atom. The number of benzene rings is 1. The summed E-state index contributed by atoms with van der Waals surface area (Å²) < 4.78 is 0. The predicted octanol–water partition coefficient (Wildman–Crippen LogP) is 3.09. The van der Waals surface area contributed by atoms with E-state index < -0.39 is 0 Å². The summed E-state index contributed by atoms with van der Waals surface area (Å²) in [5, 5.41) is 0.720. The molecule has 0 amide bonds. The molecule has 0 aliphatic heterocycles. The summed E-state index contributed by atoms with van der Waals surface area (Å²) in [4.78, 5) is 11.0. The molecule has 0 saturated carbocycles. The van der Waals surface area contributed by atoms with Crippen molar-refractivity contribution in [3.8, 4) is 0 Å². The second-order valence-corrected chi connectivity index (χ2v) is 3.58. The predicted molar refractivity (Wildman–Crippen MR) is 53.7 cm³/mol. The van der Waals surface area contributed by atoms with E-state index in [9.17, 15) is 4.79 Å². The Balaban J connectivity index is 2.36. The fourth-order valence-electron chi connectivity index (χ4n) is 1.51. The topological polar surface area (TPSA) is 17.1 Å². The maximum atomic E-state index is 11.0. The van der Waals surface area contributed by atoms with E-state index in [1.54, 1.807) is 6.08 Å². The molecule has 0 heterocycles. The Bertz CT molecular complexity index is 379. The van der Waals surface area contributed by atoms with Crippen LogP contribution in [-0.2, 0) is 4.79 Å². The van der Waals surface area contributed by atoms with Gasteiger partial charge in [-0.3, -0.25) is 4.79 Å². The lowest BCUT2D eigenvalue weighted by molar-refractivity contribution is -0.114. The Morgan fingerprint density at radius 2 is 2.08 bits per heavy atom. The zero-order valence-corrected chi connectivity index (χ0v) is 7.84. The first-order chi connectivity index (χ1) is 6.25. The molecule has 0 saturated heterocycles. The molecule has 1 aliphatic rings. The first-order valence-corrected chi connectivity index (χ1v) is 4.63. The highest BCUT2D eigenvalue weighted by Gasteiger charge is 2.13. The lowest BCUT2D eigenvalue weighted by Crippen LogP contribution is -1.80. The van der Waals surface area contributed by atoms with E-state index in [1.165, 1.54) is 0 Å². The fraction of sp³-hybridized carbons (Fsp3) is 0.182. The number of rotatable bonds is 1. The Labute approximate surface area is 82.0 Å². The van der Waals surface area contributed by atoms with Crippen molar-refractivity contribution in [3.63, 3.8) is 0 Å². The van der Waals surface area contributed by atoms with Crippen LogP contribution in [0.25, 0.3) is 5.57 Å². The van der Waals surface area contributed by atoms with Crippen LogP contribution in [0.5, 0.6) is 0 Å². The number of halogens is 1. The summed E-state index contributed by atoms with van der Waals surface area (Å²) >= 11 is 5.85. The van der Waals surface area contributed by atoms with Gasteiger partial charge < -0.3 is 0 Å². The molecule has 1 nitrogen and oxygen atoms in total. The lowest BCUT2D eigenvalue weighted by Gasteiger charge is -2.00. The molecule has 0 fully saturated rings. The minimum atomic E-state index is 0.218. The second kappa shape index (κ2) is 3.35. The molecule has 1 aromatic rings. The average Bonchev–Trinajstić information content (AvgIpc) is 2.52. The van der Waals surface area contributed by atoms with Crippen LogP contribution in [0, 0.1) is 0 Å². The van der Waals surface area contributed by atoms with Crippen LogP contribution < -0.4 is 0 Å². The average molecular weight is 193 g/mol. The third kappa shape index (κ3) is 1.81. The smallest absolute Gasteiger partial charge is 0.156 e. The number of carbonyl (C=O) groups is 1. The van der Waals surface area contributed by atoms with E-state index in [2.05, 4.69) is 0 Å². The number of ketones is 1. The van der Waals surface area contributed by atoms with Gasteiger partial charge in [-0.25, -0.2) is 0 Å². The number of carbonyl (C=O) groups excluding carboxylic acids is 1. The van der Waals surface area contributed by atoms with Crippen molar-refractivity contribution >= 4 is 23.0 Å². The molecule has 0 spiro atoms. The molecule has 0 atom stereocenters. The van der Waals surface area contributed by atoms with E-state index in [4.69, 9.17) is 11.6 Å². The summed E-state index contributed by atoms with van der Waals surface area (Å²) in [6, 6.07) is 7.62. The largest absolute Gasteiger partial charge is 0.295 e. The van der Waals surface area contributed by atoms with Crippen LogP contribution in [0.4, 0.5) is 0 Å². The molecule has 1 aromatic carbocycles. The van der Waals surface area contributed by atoms with E-state index >= 15 is 0 Å². The maximum Gasteiger partial charge on any atom is 0.156 e. The third-order valence-electron chi connectivity index (χ3n) is 2.17. The molecule has 2 rings (SSSR count). The number of hydrogen-bond acceptors (Lipinski definition) is 1. The molecule has 0 unspecified atom stereocenters. The molecular weight excluding hydrogens is 184 g/mol. The zero-order chi connectivity index (χ0) is 9.26. The van der Waals surface area contributed by atoms with Gasteiger partial charge in [0.15, 0.2) is 5.78 Å². The first-order valence-electron chi connectivity index (χ1n) is 4.25. The molecule has 13 heavy (non-hydrogen) atoms. The summed E-state index contributed by atoms with van der Waals surface area (Å²) in [6.07, 6.45) is 3.20. The van der Waals surface area contributed by atoms with Gasteiger partial charge in [-0.15, -0.1) is 0 Å². The monoisotopic (exact) mass is 192 g/mol. The molecule has 0 aromatic heterocycles. The maximum absolute atomic E-state index is 11.0. The van der Waals surface area contributed by atoms with Crippen LogP contribution in [0.2, 0.25) is 5.02 Å². The molecule has 2 heteroatoms. The standard InChI is InChI=1S/C11H9ClO/c12-10-3-1-2-8(6-10)9-4-5-11(13)7-9/h1-3,6-7H,4-5H2. The van der Waals surface area contributed by atoms with Crippen LogP contribution in [-0.4, -0.2) is 5.78 Å². The van der Waals surface area contributed by atoms with Crippen molar-refractivity contribution in [2.45, 2.75) is 12.8 Å². The number of allylic oxidation sites excluding steroid dienone is 2.